The lowest BCUT2D eigenvalue weighted by molar-refractivity contribution is -0.114. The Hall–Kier alpha value is -2.10. The molecule has 1 aliphatic rings. The van der Waals surface area contributed by atoms with Crippen LogP contribution in [0.15, 0.2) is 42.2 Å². The molecule has 4 nitrogen and oxygen atoms in total. The lowest BCUT2D eigenvalue weighted by Gasteiger charge is -2.08. The van der Waals surface area contributed by atoms with Gasteiger partial charge >= 0.3 is 12.0 Å². The van der Waals surface area contributed by atoms with E-state index in [2.05, 4.69) is 0 Å². The molecule has 1 aromatic rings. The number of imide groups is 1. The second-order valence-electron chi connectivity index (χ2n) is 3.32. The first-order chi connectivity index (χ1) is 7.74. The van der Waals surface area contributed by atoms with Gasteiger partial charge in [-0.2, -0.15) is 0 Å². The van der Waals surface area contributed by atoms with Crippen molar-refractivity contribution in [1.82, 2.24) is 0 Å². The lowest BCUT2D eigenvalue weighted by atomic mass is 10.3. The van der Waals surface area contributed by atoms with Gasteiger partial charge in [0.25, 0.3) is 0 Å². The largest absolute Gasteiger partial charge is 0.427 e. The van der Waals surface area contributed by atoms with Crippen LogP contribution in [-0.4, -0.2) is 12.0 Å². The van der Waals surface area contributed by atoms with Crippen molar-refractivity contribution in [2.24, 2.45) is 0 Å². The highest BCUT2D eigenvalue weighted by molar-refractivity contribution is 6.23. The van der Waals surface area contributed by atoms with Crippen LogP contribution >= 0.6 is 0 Å². The van der Waals surface area contributed by atoms with E-state index in [-0.39, 0.29) is 5.76 Å². The second kappa shape index (κ2) is 4.18. The summed E-state index contributed by atoms with van der Waals surface area (Å²) in [6, 6.07) is 8.72. The number of hydrogen-bond donors (Lipinski definition) is 0. The molecule has 1 aromatic carbocycles. The Kier molecular flexibility index (Phi) is 2.72. The van der Waals surface area contributed by atoms with Gasteiger partial charge in [-0.15, -0.1) is 0 Å². The number of cyclic esters (lactones) is 1. The van der Waals surface area contributed by atoms with Crippen molar-refractivity contribution in [3.63, 3.8) is 0 Å². The summed E-state index contributed by atoms with van der Waals surface area (Å²) in [5.74, 6) is -0.297. The molecular formula is C12H11NO3. The van der Waals surface area contributed by atoms with Crippen molar-refractivity contribution in [1.29, 1.82) is 0 Å². The van der Waals surface area contributed by atoms with Crippen molar-refractivity contribution < 1.29 is 14.3 Å². The van der Waals surface area contributed by atoms with Crippen LogP contribution in [0.4, 0.5) is 10.5 Å². The number of nitrogens with zero attached hydrogens (tertiary/aromatic N) is 1. The molecule has 82 valence electrons. The van der Waals surface area contributed by atoms with Gasteiger partial charge in [0.05, 0.1) is 5.69 Å². The van der Waals surface area contributed by atoms with E-state index >= 15 is 0 Å². The summed E-state index contributed by atoms with van der Waals surface area (Å²) in [7, 11) is 0. The third-order valence-electron chi connectivity index (χ3n) is 2.20. The average molecular weight is 217 g/mol. The van der Waals surface area contributed by atoms with Crippen LogP contribution in [0, 0.1) is 0 Å². The smallest absolute Gasteiger partial charge is 0.404 e. The molecule has 0 radical (unpaired) electrons. The van der Waals surface area contributed by atoms with Crippen molar-refractivity contribution in [2.45, 2.75) is 13.3 Å². The molecule has 1 fully saturated rings. The fourth-order valence-electron chi connectivity index (χ4n) is 1.49. The van der Waals surface area contributed by atoms with Gasteiger partial charge in [0.1, 0.15) is 0 Å². The number of carbonyl (C=O) groups excluding carboxylic acids is 2. The van der Waals surface area contributed by atoms with Gasteiger partial charge in [-0.3, -0.25) is 4.79 Å². The quantitative estimate of drug-likeness (QED) is 0.715. The Morgan fingerprint density at radius 1 is 1.25 bits per heavy atom. The number of benzene rings is 1. The van der Waals surface area contributed by atoms with Crippen LogP contribution < -0.4 is 4.90 Å². The Bertz CT molecular complexity index is 451. The summed E-state index contributed by atoms with van der Waals surface area (Å²) in [6.07, 6.45) is 1.61. The predicted molar refractivity (Wildman–Crippen MR) is 58.8 cm³/mol. The summed E-state index contributed by atoms with van der Waals surface area (Å²) < 4.78 is 4.88. The van der Waals surface area contributed by atoms with Crippen LogP contribution in [0.5, 0.6) is 0 Å². The van der Waals surface area contributed by atoms with E-state index in [1.54, 1.807) is 30.3 Å². The Balaban J connectivity index is 2.34. The summed E-state index contributed by atoms with van der Waals surface area (Å²) in [4.78, 5) is 24.4. The van der Waals surface area contributed by atoms with Crippen LogP contribution in [-0.2, 0) is 9.53 Å². The number of rotatable bonds is 2. The summed E-state index contributed by atoms with van der Waals surface area (Å²) in [6.45, 7) is 1.87. The molecule has 1 heterocycles. The molecule has 16 heavy (non-hydrogen) atoms. The molecule has 1 aliphatic heterocycles. The van der Waals surface area contributed by atoms with Crippen LogP contribution in [0.3, 0.4) is 0 Å². The van der Waals surface area contributed by atoms with Crippen molar-refractivity contribution in [3.05, 3.63) is 42.2 Å². The standard InChI is InChI=1S/C12H11NO3/c1-2-6-10-11(14)13(12(15)16-10)9-7-4-3-5-8-9/h3-8H,2H2,1H3/b10-6-. The average Bonchev–Trinajstić information content (AvgIpc) is 2.56. The number of hydrogen-bond acceptors (Lipinski definition) is 3. The van der Waals surface area contributed by atoms with E-state index in [4.69, 9.17) is 4.74 Å². The first-order valence-electron chi connectivity index (χ1n) is 5.05. The van der Waals surface area contributed by atoms with Gasteiger partial charge in [0.15, 0.2) is 5.76 Å². The minimum Gasteiger partial charge on any atom is -0.404 e. The highest BCUT2D eigenvalue weighted by Crippen LogP contribution is 2.24. The summed E-state index contributed by atoms with van der Waals surface area (Å²) in [5.41, 5.74) is 0.525. The zero-order valence-electron chi connectivity index (χ0n) is 8.84. The van der Waals surface area contributed by atoms with Crippen molar-refractivity contribution in [2.75, 3.05) is 4.90 Å². The number of para-hydroxylation sites is 1. The maximum absolute atomic E-state index is 11.8. The number of anilines is 1. The molecule has 0 aromatic heterocycles. The summed E-state index contributed by atoms with van der Waals surface area (Å²) in [5, 5.41) is 0. The first kappa shape index (κ1) is 10.4. The molecule has 0 aliphatic carbocycles. The third kappa shape index (κ3) is 1.69. The van der Waals surface area contributed by atoms with E-state index in [1.807, 2.05) is 13.0 Å². The van der Waals surface area contributed by atoms with Gasteiger partial charge in [-0.25, -0.2) is 9.69 Å². The van der Waals surface area contributed by atoms with E-state index in [9.17, 15) is 9.59 Å². The minimum absolute atomic E-state index is 0.108. The molecule has 0 saturated carbocycles. The maximum atomic E-state index is 11.8. The Morgan fingerprint density at radius 3 is 2.56 bits per heavy atom. The number of amides is 2. The fraction of sp³-hybridized carbons (Fsp3) is 0.167. The second-order valence-corrected chi connectivity index (χ2v) is 3.32. The van der Waals surface area contributed by atoms with Gasteiger partial charge in [-0.05, 0) is 24.6 Å². The van der Waals surface area contributed by atoms with Crippen LogP contribution in [0.2, 0.25) is 0 Å². The highest BCUT2D eigenvalue weighted by Gasteiger charge is 2.37. The van der Waals surface area contributed by atoms with Gasteiger partial charge in [0, 0.05) is 0 Å². The molecule has 0 unspecified atom stereocenters. The topological polar surface area (TPSA) is 46.6 Å². The Labute approximate surface area is 93.1 Å². The van der Waals surface area contributed by atoms with Crippen LogP contribution in [0.25, 0.3) is 0 Å². The van der Waals surface area contributed by atoms with Crippen molar-refractivity contribution >= 4 is 17.7 Å². The van der Waals surface area contributed by atoms with Crippen LogP contribution in [0.1, 0.15) is 13.3 Å². The molecule has 2 rings (SSSR count). The molecule has 2 amide bonds. The number of carbonyl (C=O) groups is 2. The molecule has 0 N–H and O–H groups in total. The Morgan fingerprint density at radius 2 is 1.94 bits per heavy atom. The third-order valence-corrected chi connectivity index (χ3v) is 2.20. The van der Waals surface area contributed by atoms with E-state index < -0.39 is 12.0 Å². The van der Waals surface area contributed by atoms with E-state index in [0.717, 1.165) is 4.90 Å². The predicted octanol–water partition coefficient (Wildman–Crippen LogP) is 2.46. The lowest BCUT2D eigenvalue weighted by Crippen LogP contribution is -2.28. The van der Waals surface area contributed by atoms with Gasteiger partial charge in [0.2, 0.25) is 0 Å². The molecule has 0 bridgehead atoms. The van der Waals surface area contributed by atoms with E-state index in [0.29, 0.717) is 12.1 Å². The maximum Gasteiger partial charge on any atom is 0.427 e. The zero-order chi connectivity index (χ0) is 11.5. The molecule has 0 atom stereocenters. The number of allylic oxidation sites excluding steroid dienone is 1. The van der Waals surface area contributed by atoms with E-state index in [1.165, 1.54) is 0 Å². The fourth-order valence-corrected chi connectivity index (χ4v) is 1.49. The monoisotopic (exact) mass is 217 g/mol. The molecular weight excluding hydrogens is 206 g/mol. The number of ether oxygens (including phenoxy) is 1. The van der Waals surface area contributed by atoms with Crippen molar-refractivity contribution in [3.8, 4) is 0 Å². The molecule has 1 saturated heterocycles. The van der Waals surface area contributed by atoms with Gasteiger partial charge in [-0.1, -0.05) is 25.1 Å². The molecule has 4 heteroatoms. The summed E-state index contributed by atoms with van der Waals surface area (Å²) >= 11 is 0. The first-order valence-corrected chi connectivity index (χ1v) is 5.05. The SMILES string of the molecule is CC/C=C1\OC(=O)N(c2ccccc2)C1=O. The minimum atomic E-state index is -0.643. The normalized spacial score (nSPS) is 18.1. The van der Waals surface area contributed by atoms with Gasteiger partial charge < -0.3 is 4.74 Å². The molecule has 0 spiro atoms. The zero-order valence-corrected chi connectivity index (χ0v) is 8.84. The highest BCUT2D eigenvalue weighted by atomic mass is 16.6.